The van der Waals surface area contributed by atoms with Gasteiger partial charge in [0.2, 0.25) is 5.91 Å². The maximum atomic E-state index is 11.7. The molecule has 0 aliphatic rings. The molecule has 1 aromatic heterocycles. The van der Waals surface area contributed by atoms with Crippen molar-refractivity contribution in [1.29, 1.82) is 0 Å². The van der Waals surface area contributed by atoms with Crippen LogP contribution in [0.2, 0.25) is 0 Å². The van der Waals surface area contributed by atoms with Crippen molar-refractivity contribution < 1.29 is 4.79 Å². The molecule has 98 valence electrons. The first-order valence-electron chi connectivity index (χ1n) is 6.42. The molecule has 3 rings (SSSR count). The van der Waals surface area contributed by atoms with Crippen LogP contribution in [0.25, 0.3) is 22.2 Å². The Bertz CT molecular complexity index is 795. The molecule has 3 nitrogen and oxygen atoms in total. The number of hydrogen-bond acceptors (Lipinski definition) is 2. The molecule has 0 fully saturated rings. The lowest BCUT2D eigenvalue weighted by molar-refractivity contribution is 0.100. The zero-order valence-corrected chi connectivity index (χ0v) is 11.1. The number of nitrogens with two attached hydrogens (primary N) is 1. The number of primary amides is 1. The SMILES string of the molecule is Cc1cccc2nc(-c3ccccc3)cc(C(N)=O)c12. The van der Waals surface area contributed by atoms with E-state index in [4.69, 9.17) is 5.73 Å². The fourth-order valence-corrected chi connectivity index (χ4v) is 2.42. The predicted octanol–water partition coefficient (Wildman–Crippen LogP) is 3.31. The number of benzene rings is 2. The fraction of sp³-hybridized carbons (Fsp3) is 0.0588. The third kappa shape index (κ3) is 2.03. The van der Waals surface area contributed by atoms with E-state index in [-0.39, 0.29) is 0 Å². The van der Waals surface area contributed by atoms with Crippen LogP contribution in [0.1, 0.15) is 15.9 Å². The molecular weight excluding hydrogens is 248 g/mol. The van der Waals surface area contributed by atoms with Gasteiger partial charge in [-0.15, -0.1) is 0 Å². The van der Waals surface area contributed by atoms with Crippen LogP contribution in [0.15, 0.2) is 54.6 Å². The number of amides is 1. The molecular formula is C17H14N2O. The molecule has 0 bridgehead atoms. The Hall–Kier alpha value is -2.68. The summed E-state index contributed by atoms with van der Waals surface area (Å²) in [4.78, 5) is 16.4. The highest BCUT2D eigenvalue weighted by Crippen LogP contribution is 2.26. The van der Waals surface area contributed by atoms with E-state index in [0.29, 0.717) is 5.56 Å². The Morgan fingerprint density at radius 1 is 1.05 bits per heavy atom. The van der Waals surface area contributed by atoms with Crippen molar-refractivity contribution in [1.82, 2.24) is 4.98 Å². The van der Waals surface area contributed by atoms with Gasteiger partial charge in [0, 0.05) is 10.9 Å². The topological polar surface area (TPSA) is 56.0 Å². The molecule has 0 aliphatic heterocycles. The molecule has 2 aromatic carbocycles. The summed E-state index contributed by atoms with van der Waals surface area (Å²) in [5.74, 6) is -0.427. The van der Waals surface area contributed by atoms with Crippen molar-refractivity contribution >= 4 is 16.8 Å². The summed E-state index contributed by atoms with van der Waals surface area (Å²) in [6.07, 6.45) is 0. The normalized spacial score (nSPS) is 10.7. The van der Waals surface area contributed by atoms with Gasteiger partial charge in [0.15, 0.2) is 0 Å². The second-order valence-corrected chi connectivity index (χ2v) is 4.75. The van der Waals surface area contributed by atoms with E-state index >= 15 is 0 Å². The van der Waals surface area contributed by atoms with E-state index in [1.807, 2.05) is 55.5 Å². The Labute approximate surface area is 117 Å². The first-order chi connectivity index (χ1) is 9.66. The molecule has 0 aliphatic carbocycles. The summed E-state index contributed by atoms with van der Waals surface area (Å²) >= 11 is 0. The van der Waals surface area contributed by atoms with Crippen LogP contribution in [0.3, 0.4) is 0 Å². The van der Waals surface area contributed by atoms with Gasteiger partial charge < -0.3 is 5.73 Å². The van der Waals surface area contributed by atoms with Gasteiger partial charge in [0.05, 0.1) is 16.8 Å². The van der Waals surface area contributed by atoms with Crippen LogP contribution in [-0.2, 0) is 0 Å². The summed E-state index contributed by atoms with van der Waals surface area (Å²) in [6.45, 7) is 1.96. The minimum absolute atomic E-state index is 0.427. The van der Waals surface area contributed by atoms with Gasteiger partial charge in [-0.05, 0) is 24.6 Å². The number of nitrogens with zero attached hydrogens (tertiary/aromatic N) is 1. The van der Waals surface area contributed by atoms with Gasteiger partial charge in [0.25, 0.3) is 0 Å². The Morgan fingerprint density at radius 2 is 1.80 bits per heavy atom. The minimum Gasteiger partial charge on any atom is -0.366 e. The molecule has 20 heavy (non-hydrogen) atoms. The van der Waals surface area contributed by atoms with Crippen LogP contribution in [0, 0.1) is 6.92 Å². The van der Waals surface area contributed by atoms with Gasteiger partial charge in [-0.1, -0.05) is 42.5 Å². The number of aromatic nitrogens is 1. The van der Waals surface area contributed by atoms with Crippen molar-refractivity contribution in [2.45, 2.75) is 6.92 Å². The first-order valence-corrected chi connectivity index (χ1v) is 6.42. The number of fused-ring (bicyclic) bond motifs is 1. The molecule has 3 aromatic rings. The summed E-state index contributed by atoms with van der Waals surface area (Å²) in [7, 11) is 0. The number of hydrogen-bond donors (Lipinski definition) is 1. The summed E-state index contributed by atoms with van der Waals surface area (Å²) in [5, 5.41) is 0.833. The van der Waals surface area contributed by atoms with Gasteiger partial charge in [-0.2, -0.15) is 0 Å². The van der Waals surface area contributed by atoms with E-state index < -0.39 is 5.91 Å². The molecule has 0 saturated heterocycles. The average Bonchev–Trinajstić information content (AvgIpc) is 2.47. The Balaban J connectivity index is 2.35. The van der Waals surface area contributed by atoms with E-state index in [1.165, 1.54) is 0 Å². The van der Waals surface area contributed by atoms with E-state index in [0.717, 1.165) is 27.7 Å². The third-order valence-corrected chi connectivity index (χ3v) is 3.38. The summed E-state index contributed by atoms with van der Waals surface area (Å²) in [5.41, 5.74) is 9.58. The van der Waals surface area contributed by atoms with Gasteiger partial charge in [-0.3, -0.25) is 4.79 Å². The largest absolute Gasteiger partial charge is 0.366 e. The van der Waals surface area contributed by atoms with Crippen LogP contribution >= 0.6 is 0 Å². The van der Waals surface area contributed by atoms with Crippen molar-refractivity contribution in [2.75, 3.05) is 0 Å². The lowest BCUT2D eigenvalue weighted by Crippen LogP contribution is -2.12. The second kappa shape index (κ2) is 4.78. The molecule has 0 radical (unpaired) electrons. The van der Waals surface area contributed by atoms with Crippen LogP contribution in [-0.4, -0.2) is 10.9 Å². The number of carbonyl (C=O) groups excluding carboxylic acids is 1. The summed E-state index contributed by atoms with van der Waals surface area (Å²) in [6, 6.07) is 17.3. The molecule has 0 unspecified atom stereocenters. The fourth-order valence-electron chi connectivity index (χ4n) is 2.42. The van der Waals surface area contributed by atoms with E-state index in [1.54, 1.807) is 6.07 Å². The number of pyridine rings is 1. The van der Waals surface area contributed by atoms with Gasteiger partial charge in [-0.25, -0.2) is 4.98 Å². The predicted molar refractivity (Wildman–Crippen MR) is 80.4 cm³/mol. The average molecular weight is 262 g/mol. The van der Waals surface area contributed by atoms with Crippen LogP contribution < -0.4 is 5.73 Å². The molecule has 1 amide bonds. The monoisotopic (exact) mass is 262 g/mol. The highest BCUT2D eigenvalue weighted by Gasteiger charge is 2.12. The van der Waals surface area contributed by atoms with Crippen molar-refractivity contribution in [3.63, 3.8) is 0 Å². The number of aryl methyl sites for hydroxylation is 1. The molecule has 0 spiro atoms. The zero-order valence-electron chi connectivity index (χ0n) is 11.1. The summed E-state index contributed by atoms with van der Waals surface area (Å²) < 4.78 is 0. The Kier molecular flexibility index (Phi) is 2.95. The highest BCUT2D eigenvalue weighted by atomic mass is 16.1. The lowest BCUT2D eigenvalue weighted by atomic mass is 10.0. The van der Waals surface area contributed by atoms with Crippen LogP contribution in [0.4, 0.5) is 0 Å². The second-order valence-electron chi connectivity index (χ2n) is 4.75. The molecule has 2 N–H and O–H groups in total. The third-order valence-electron chi connectivity index (χ3n) is 3.38. The molecule has 3 heteroatoms. The standard InChI is InChI=1S/C17H14N2O/c1-11-6-5-9-14-16(11)13(17(18)20)10-15(19-14)12-7-3-2-4-8-12/h2-10H,1H3,(H2,18,20). The number of rotatable bonds is 2. The molecule has 1 heterocycles. The quantitative estimate of drug-likeness (QED) is 0.770. The van der Waals surface area contributed by atoms with Gasteiger partial charge >= 0.3 is 0 Å². The lowest BCUT2D eigenvalue weighted by Gasteiger charge is -2.09. The Morgan fingerprint density at radius 3 is 2.50 bits per heavy atom. The van der Waals surface area contributed by atoms with Crippen molar-refractivity contribution in [3.05, 3.63) is 65.7 Å². The van der Waals surface area contributed by atoms with Gasteiger partial charge in [0.1, 0.15) is 0 Å². The maximum absolute atomic E-state index is 11.7. The van der Waals surface area contributed by atoms with E-state index in [9.17, 15) is 4.79 Å². The molecule has 0 saturated carbocycles. The van der Waals surface area contributed by atoms with Crippen LogP contribution in [0.5, 0.6) is 0 Å². The number of carbonyl (C=O) groups is 1. The maximum Gasteiger partial charge on any atom is 0.249 e. The van der Waals surface area contributed by atoms with Crippen molar-refractivity contribution in [3.8, 4) is 11.3 Å². The smallest absolute Gasteiger partial charge is 0.249 e. The zero-order chi connectivity index (χ0) is 14.1. The highest BCUT2D eigenvalue weighted by molar-refractivity contribution is 6.07. The van der Waals surface area contributed by atoms with E-state index in [2.05, 4.69) is 4.98 Å². The minimum atomic E-state index is -0.427. The molecule has 0 atom stereocenters. The van der Waals surface area contributed by atoms with Crippen molar-refractivity contribution in [2.24, 2.45) is 5.73 Å². The first kappa shape index (κ1) is 12.4.